The first-order valence-electron chi connectivity index (χ1n) is 4.99. The molecule has 0 nitrogen and oxygen atoms in total. The van der Waals surface area contributed by atoms with E-state index < -0.39 is 0 Å². The van der Waals surface area contributed by atoms with E-state index in [2.05, 4.69) is 26.8 Å². The molecule has 11 heavy (non-hydrogen) atoms. The number of hydrogen-bond donors (Lipinski definition) is 0. The van der Waals surface area contributed by atoms with Gasteiger partial charge in [0.2, 0.25) is 0 Å². The molecule has 0 N–H and O–H groups in total. The molecule has 2 atom stereocenters. The van der Waals surface area contributed by atoms with Crippen LogP contribution in [0.1, 0.15) is 46.5 Å². The van der Waals surface area contributed by atoms with Crippen LogP contribution in [0.4, 0.5) is 0 Å². The Balaban J connectivity index is 2.41. The predicted molar refractivity (Wildman–Crippen MR) is 50.6 cm³/mol. The second-order valence-electron chi connectivity index (χ2n) is 3.73. The van der Waals surface area contributed by atoms with E-state index in [1.165, 1.54) is 25.7 Å². The third-order valence-corrected chi connectivity index (χ3v) is 2.84. The Morgan fingerprint density at radius 2 is 2.18 bits per heavy atom. The van der Waals surface area contributed by atoms with Crippen LogP contribution in [0.25, 0.3) is 0 Å². The van der Waals surface area contributed by atoms with Gasteiger partial charge in [-0.25, -0.2) is 0 Å². The topological polar surface area (TPSA) is 0 Å². The van der Waals surface area contributed by atoms with Crippen molar-refractivity contribution in [1.29, 1.82) is 0 Å². The van der Waals surface area contributed by atoms with Gasteiger partial charge in [-0.3, -0.25) is 0 Å². The molecule has 0 amide bonds. The zero-order valence-electron chi connectivity index (χ0n) is 8.06. The van der Waals surface area contributed by atoms with Gasteiger partial charge in [0.25, 0.3) is 0 Å². The molecule has 0 aromatic rings. The third-order valence-electron chi connectivity index (χ3n) is 2.84. The molecule has 0 aromatic heterocycles. The highest BCUT2D eigenvalue weighted by atomic mass is 14.3. The van der Waals surface area contributed by atoms with Crippen LogP contribution in [0.5, 0.6) is 0 Å². The Kier molecular flexibility index (Phi) is 3.16. The molecular formula is C11H20. The Morgan fingerprint density at radius 3 is 2.64 bits per heavy atom. The SMILES string of the molecule is CCCC=C1C(C)CC1CC. The highest BCUT2D eigenvalue weighted by Crippen LogP contribution is 2.41. The smallest absolute Gasteiger partial charge is 0.0198 e. The zero-order chi connectivity index (χ0) is 8.27. The standard InChI is InChI=1S/C11H20/c1-4-6-7-11-9(3)8-10(11)5-2/h7,9-10H,4-6,8H2,1-3H3. The number of unbranched alkanes of at least 4 members (excludes halogenated alkanes) is 1. The van der Waals surface area contributed by atoms with Gasteiger partial charge in [-0.15, -0.1) is 0 Å². The average Bonchev–Trinajstić information content (AvgIpc) is 2.00. The summed E-state index contributed by atoms with van der Waals surface area (Å²) >= 11 is 0. The van der Waals surface area contributed by atoms with Crippen LogP contribution in [0, 0.1) is 11.8 Å². The van der Waals surface area contributed by atoms with Crippen molar-refractivity contribution in [1.82, 2.24) is 0 Å². The first-order chi connectivity index (χ1) is 5.29. The first kappa shape index (κ1) is 8.83. The van der Waals surface area contributed by atoms with Crippen molar-refractivity contribution in [2.45, 2.75) is 46.5 Å². The van der Waals surface area contributed by atoms with E-state index in [0.29, 0.717) is 0 Å². The Morgan fingerprint density at radius 1 is 1.45 bits per heavy atom. The van der Waals surface area contributed by atoms with Gasteiger partial charge in [0.1, 0.15) is 0 Å². The molecule has 1 aliphatic carbocycles. The van der Waals surface area contributed by atoms with Gasteiger partial charge in [0.15, 0.2) is 0 Å². The lowest BCUT2D eigenvalue weighted by Gasteiger charge is -2.36. The Hall–Kier alpha value is -0.260. The number of rotatable bonds is 3. The molecule has 0 bridgehead atoms. The quantitative estimate of drug-likeness (QED) is 0.540. The predicted octanol–water partition coefficient (Wildman–Crippen LogP) is 3.78. The maximum atomic E-state index is 2.47. The van der Waals surface area contributed by atoms with Crippen molar-refractivity contribution in [3.05, 3.63) is 11.6 Å². The van der Waals surface area contributed by atoms with Gasteiger partial charge in [0, 0.05) is 0 Å². The van der Waals surface area contributed by atoms with Gasteiger partial charge in [-0.05, 0) is 31.1 Å². The molecule has 1 aliphatic rings. The minimum atomic E-state index is 0.895. The van der Waals surface area contributed by atoms with Crippen molar-refractivity contribution in [2.24, 2.45) is 11.8 Å². The summed E-state index contributed by atoms with van der Waals surface area (Å²) in [5.74, 6) is 1.84. The zero-order valence-corrected chi connectivity index (χ0v) is 8.06. The molecule has 0 saturated heterocycles. The van der Waals surface area contributed by atoms with E-state index in [-0.39, 0.29) is 0 Å². The maximum absolute atomic E-state index is 2.47. The minimum absolute atomic E-state index is 0.895. The fourth-order valence-electron chi connectivity index (χ4n) is 2.02. The van der Waals surface area contributed by atoms with Crippen LogP contribution >= 0.6 is 0 Å². The lowest BCUT2D eigenvalue weighted by atomic mass is 9.69. The van der Waals surface area contributed by atoms with Crippen LogP contribution in [-0.2, 0) is 0 Å². The van der Waals surface area contributed by atoms with Crippen molar-refractivity contribution < 1.29 is 0 Å². The van der Waals surface area contributed by atoms with Crippen LogP contribution in [0.15, 0.2) is 11.6 Å². The van der Waals surface area contributed by atoms with Crippen molar-refractivity contribution >= 4 is 0 Å². The fraction of sp³-hybridized carbons (Fsp3) is 0.818. The maximum Gasteiger partial charge on any atom is -0.0198 e. The molecule has 1 rings (SSSR count). The van der Waals surface area contributed by atoms with E-state index in [0.717, 1.165) is 11.8 Å². The summed E-state index contributed by atoms with van der Waals surface area (Å²) in [5, 5.41) is 0. The van der Waals surface area contributed by atoms with Crippen LogP contribution in [0.3, 0.4) is 0 Å². The fourth-order valence-corrected chi connectivity index (χ4v) is 2.02. The summed E-state index contributed by atoms with van der Waals surface area (Å²) in [6.07, 6.45) is 7.84. The second-order valence-corrected chi connectivity index (χ2v) is 3.73. The summed E-state index contributed by atoms with van der Waals surface area (Å²) in [4.78, 5) is 0. The van der Waals surface area contributed by atoms with E-state index in [9.17, 15) is 0 Å². The van der Waals surface area contributed by atoms with Crippen molar-refractivity contribution in [3.8, 4) is 0 Å². The molecule has 0 radical (unpaired) electrons. The van der Waals surface area contributed by atoms with Crippen LogP contribution in [0.2, 0.25) is 0 Å². The van der Waals surface area contributed by atoms with Crippen molar-refractivity contribution in [3.63, 3.8) is 0 Å². The molecule has 0 aromatic carbocycles. The summed E-state index contributed by atoms with van der Waals surface area (Å²) in [6, 6.07) is 0. The molecule has 64 valence electrons. The molecule has 0 aliphatic heterocycles. The van der Waals surface area contributed by atoms with Gasteiger partial charge >= 0.3 is 0 Å². The van der Waals surface area contributed by atoms with Crippen molar-refractivity contribution in [2.75, 3.05) is 0 Å². The minimum Gasteiger partial charge on any atom is -0.0848 e. The lowest BCUT2D eigenvalue weighted by Crippen LogP contribution is -2.24. The summed E-state index contributed by atoms with van der Waals surface area (Å²) in [7, 11) is 0. The highest BCUT2D eigenvalue weighted by molar-refractivity contribution is 5.18. The average molecular weight is 152 g/mol. The summed E-state index contributed by atoms with van der Waals surface area (Å²) < 4.78 is 0. The van der Waals surface area contributed by atoms with Gasteiger partial charge in [-0.1, -0.05) is 38.8 Å². The third kappa shape index (κ3) is 1.85. The van der Waals surface area contributed by atoms with Crippen LogP contribution < -0.4 is 0 Å². The summed E-state index contributed by atoms with van der Waals surface area (Å²) in [6.45, 7) is 6.91. The van der Waals surface area contributed by atoms with Gasteiger partial charge in [-0.2, -0.15) is 0 Å². The molecule has 1 fully saturated rings. The van der Waals surface area contributed by atoms with E-state index in [1.54, 1.807) is 5.57 Å². The molecular weight excluding hydrogens is 132 g/mol. The van der Waals surface area contributed by atoms with E-state index in [1.807, 2.05) is 0 Å². The molecule has 1 saturated carbocycles. The largest absolute Gasteiger partial charge is 0.0848 e. The first-order valence-corrected chi connectivity index (χ1v) is 4.99. The number of hydrogen-bond acceptors (Lipinski definition) is 0. The van der Waals surface area contributed by atoms with E-state index in [4.69, 9.17) is 0 Å². The Labute approximate surface area is 70.7 Å². The monoisotopic (exact) mass is 152 g/mol. The lowest BCUT2D eigenvalue weighted by molar-refractivity contribution is 0.326. The molecule has 0 heterocycles. The molecule has 0 spiro atoms. The molecule has 0 heteroatoms. The van der Waals surface area contributed by atoms with Crippen LogP contribution in [-0.4, -0.2) is 0 Å². The number of allylic oxidation sites excluding steroid dienone is 2. The highest BCUT2D eigenvalue weighted by Gasteiger charge is 2.29. The second kappa shape index (κ2) is 3.94. The Bertz CT molecular complexity index is 144. The van der Waals surface area contributed by atoms with Gasteiger partial charge in [0.05, 0.1) is 0 Å². The van der Waals surface area contributed by atoms with E-state index >= 15 is 0 Å². The van der Waals surface area contributed by atoms with Gasteiger partial charge < -0.3 is 0 Å². The summed E-state index contributed by atoms with van der Waals surface area (Å²) in [5.41, 5.74) is 1.74. The normalized spacial score (nSPS) is 33.9. The molecule has 2 unspecified atom stereocenters.